The summed E-state index contributed by atoms with van der Waals surface area (Å²) in [5.41, 5.74) is 6.64. The van der Waals surface area contributed by atoms with E-state index in [2.05, 4.69) is 46.4 Å². The van der Waals surface area contributed by atoms with Gasteiger partial charge in [-0.3, -0.25) is 0 Å². The number of ether oxygens (including phenoxy) is 1. The minimum atomic E-state index is -0.205. The highest BCUT2D eigenvalue weighted by molar-refractivity contribution is 5.05. The third kappa shape index (κ3) is 3.14. The summed E-state index contributed by atoms with van der Waals surface area (Å²) in [7, 11) is 0. The van der Waals surface area contributed by atoms with E-state index >= 15 is 0 Å². The van der Waals surface area contributed by atoms with Crippen molar-refractivity contribution in [2.75, 3.05) is 19.6 Å². The standard InChI is InChI=1S/C16H32N2O/c1-14(2)7-9-18(10-8-14)11-12-13(17)16(5,6)19-15(12,3)4/h12-13H,7-11,17H2,1-6H3. The highest BCUT2D eigenvalue weighted by Gasteiger charge is 2.52. The number of piperidine rings is 1. The molecule has 0 bridgehead atoms. The Morgan fingerprint density at radius 3 is 1.95 bits per heavy atom. The first kappa shape index (κ1) is 15.3. The minimum Gasteiger partial charge on any atom is -0.368 e. The van der Waals surface area contributed by atoms with Crippen molar-refractivity contribution in [2.24, 2.45) is 17.1 Å². The van der Waals surface area contributed by atoms with Crippen LogP contribution in [0.3, 0.4) is 0 Å². The average Bonchev–Trinajstić information content (AvgIpc) is 2.39. The number of nitrogens with zero attached hydrogens (tertiary/aromatic N) is 1. The molecule has 3 nitrogen and oxygen atoms in total. The predicted molar refractivity (Wildman–Crippen MR) is 80.2 cm³/mol. The molecule has 2 aliphatic rings. The predicted octanol–water partition coefficient (Wildman–Crippen LogP) is 2.64. The third-order valence-electron chi connectivity index (χ3n) is 5.32. The number of hydrogen-bond acceptors (Lipinski definition) is 3. The lowest BCUT2D eigenvalue weighted by Crippen LogP contribution is -2.50. The molecular formula is C16H32N2O. The van der Waals surface area contributed by atoms with Crippen molar-refractivity contribution in [1.82, 2.24) is 4.90 Å². The minimum absolute atomic E-state index is 0.115. The fourth-order valence-corrected chi connectivity index (χ4v) is 3.69. The van der Waals surface area contributed by atoms with E-state index in [0.717, 1.165) is 6.54 Å². The summed E-state index contributed by atoms with van der Waals surface area (Å²) in [6, 6.07) is 0.123. The number of hydrogen-bond donors (Lipinski definition) is 1. The van der Waals surface area contributed by atoms with Crippen LogP contribution in [0.25, 0.3) is 0 Å². The van der Waals surface area contributed by atoms with Crippen LogP contribution in [0.4, 0.5) is 0 Å². The summed E-state index contributed by atoms with van der Waals surface area (Å²) in [5, 5.41) is 0. The molecule has 2 aliphatic heterocycles. The Hall–Kier alpha value is -0.120. The van der Waals surface area contributed by atoms with Crippen LogP contribution < -0.4 is 5.73 Å². The molecule has 19 heavy (non-hydrogen) atoms. The van der Waals surface area contributed by atoms with Crippen LogP contribution in [-0.2, 0) is 4.74 Å². The highest BCUT2D eigenvalue weighted by Crippen LogP contribution is 2.42. The Labute approximate surface area is 118 Å². The molecule has 2 fully saturated rings. The molecule has 0 aliphatic carbocycles. The van der Waals surface area contributed by atoms with Crippen LogP contribution in [0.1, 0.15) is 54.4 Å². The molecule has 2 unspecified atom stereocenters. The fraction of sp³-hybridized carbons (Fsp3) is 1.00. The molecule has 0 aromatic carbocycles. The van der Waals surface area contributed by atoms with Crippen LogP contribution in [0.15, 0.2) is 0 Å². The highest BCUT2D eigenvalue weighted by atomic mass is 16.5. The molecule has 2 rings (SSSR count). The van der Waals surface area contributed by atoms with Gasteiger partial charge >= 0.3 is 0 Å². The maximum absolute atomic E-state index is 6.45. The Bertz CT molecular complexity index is 326. The number of nitrogens with two attached hydrogens (primary N) is 1. The molecule has 0 saturated carbocycles. The lowest BCUT2D eigenvalue weighted by atomic mass is 9.80. The van der Waals surface area contributed by atoms with Gasteiger partial charge in [-0.1, -0.05) is 13.8 Å². The number of likely N-dealkylation sites (tertiary alicyclic amines) is 1. The van der Waals surface area contributed by atoms with E-state index < -0.39 is 0 Å². The quantitative estimate of drug-likeness (QED) is 0.837. The maximum Gasteiger partial charge on any atom is 0.0788 e. The molecule has 2 atom stereocenters. The third-order valence-corrected chi connectivity index (χ3v) is 5.32. The summed E-state index contributed by atoms with van der Waals surface area (Å²) >= 11 is 0. The molecule has 0 aromatic rings. The molecule has 0 aromatic heterocycles. The molecule has 0 radical (unpaired) electrons. The monoisotopic (exact) mass is 268 g/mol. The van der Waals surface area contributed by atoms with E-state index in [0.29, 0.717) is 11.3 Å². The molecule has 2 N–H and O–H groups in total. The zero-order chi connectivity index (χ0) is 14.5. The second-order valence-electron chi connectivity index (χ2n) is 8.41. The lowest BCUT2D eigenvalue weighted by molar-refractivity contribution is -0.0792. The Kier molecular flexibility index (Phi) is 3.79. The van der Waals surface area contributed by atoms with Crippen molar-refractivity contribution >= 4 is 0 Å². The van der Waals surface area contributed by atoms with Crippen LogP contribution >= 0.6 is 0 Å². The van der Waals surface area contributed by atoms with Gasteiger partial charge in [0.25, 0.3) is 0 Å². The van der Waals surface area contributed by atoms with Crippen molar-refractivity contribution in [3.63, 3.8) is 0 Å². The zero-order valence-electron chi connectivity index (χ0n) is 13.6. The smallest absolute Gasteiger partial charge is 0.0788 e. The van der Waals surface area contributed by atoms with Crippen LogP contribution in [0.5, 0.6) is 0 Å². The van der Waals surface area contributed by atoms with E-state index in [9.17, 15) is 0 Å². The second kappa shape index (κ2) is 4.71. The lowest BCUT2D eigenvalue weighted by Gasteiger charge is -2.40. The van der Waals surface area contributed by atoms with Crippen molar-refractivity contribution in [3.8, 4) is 0 Å². The van der Waals surface area contributed by atoms with Gasteiger partial charge in [-0.15, -0.1) is 0 Å². The van der Waals surface area contributed by atoms with Gasteiger partial charge in [-0.25, -0.2) is 0 Å². The Morgan fingerprint density at radius 1 is 1.00 bits per heavy atom. The maximum atomic E-state index is 6.45. The van der Waals surface area contributed by atoms with Gasteiger partial charge in [-0.2, -0.15) is 0 Å². The van der Waals surface area contributed by atoms with Crippen molar-refractivity contribution in [2.45, 2.75) is 71.6 Å². The summed E-state index contributed by atoms with van der Waals surface area (Å²) in [6.07, 6.45) is 2.58. The normalized spacial score (nSPS) is 37.4. The first-order chi connectivity index (χ1) is 8.54. The second-order valence-corrected chi connectivity index (χ2v) is 8.41. The summed E-state index contributed by atoms with van der Waals surface area (Å²) in [5.74, 6) is 0.420. The van der Waals surface area contributed by atoms with Gasteiger partial charge in [0.05, 0.1) is 11.2 Å². The topological polar surface area (TPSA) is 38.5 Å². The fourth-order valence-electron chi connectivity index (χ4n) is 3.69. The molecular weight excluding hydrogens is 236 g/mol. The largest absolute Gasteiger partial charge is 0.368 e. The molecule has 2 heterocycles. The van der Waals surface area contributed by atoms with Gasteiger partial charge in [0.2, 0.25) is 0 Å². The Balaban J connectivity index is 1.99. The van der Waals surface area contributed by atoms with Crippen molar-refractivity contribution in [3.05, 3.63) is 0 Å². The molecule has 0 amide bonds. The van der Waals surface area contributed by atoms with Crippen LogP contribution in [0.2, 0.25) is 0 Å². The summed E-state index contributed by atoms with van der Waals surface area (Å²) < 4.78 is 6.19. The van der Waals surface area contributed by atoms with E-state index in [-0.39, 0.29) is 17.2 Å². The SMILES string of the molecule is CC1(C)CCN(CC2C(N)C(C)(C)OC2(C)C)CC1. The van der Waals surface area contributed by atoms with E-state index in [1.54, 1.807) is 0 Å². The summed E-state index contributed by atoms with van der Waals surface area (Å²) in [4.78, 5) is 2.59. The molecule has 3 heteroatoms. The molecule has 112 valence electrons. The van der Waals surface area contributed by atoms with Crippen molar-refractivity contribution in [1.29, 1.82) is 0 Å². The first-order valence-electron chi connectivity index (χ1n) is 7.72. The van der Waals surface area contributed by atoms with Crippen LogP contribution in [0, 0.1) is 11.3 Å². The van der Waals surface area contributed by atoms with E-state index in [1.807, 2.05) is 0 Å². The number of rotatable bonds is 2. The first-order valence-corrected chi connectivity index (χ1v) is 7.72. The summed E-state index contributed by atoms with van der Waals surface area (Å²) in [6.45, 7) is 16.9. The van der Waals surface area contributed by atoms with Gasteiger partial charge in [0.15, 0.2) is 0 Å². The van der Waals surface area contributed by atoms with Gasteiger partial charge in [-0.05, 0) is 59.0 Å². The van der Waals surface area contributed by atoms with Gasteiger partial charge in [0.1, 0.15) is 0 Å². The van der Waals surface area contributed by atoms with Crippen LogP contribution in [-0.4, -0.2) is 41.8 Å². The molecule has 2 saturated heterocycles. The molecule has 0 spiro atoms. The average molecular weight is 268 g/mol. The van der Waals surface area contributed by atoms with E-state index in [1.165, 1.54) is 25.9 Å². The van der Waals surface area contributed by atoms with Crippen molar-refractivity contribution < 1.29 is 4.74 Å². The van der Waals surface area contributed by atoms with Gasteiger partial charge < -0.3 is 15.4 Å². The zero-order valence-corrected chi connectivity index (χ0v) is 13.6. The van der Waals surface area contributed by atoms with E-state index in [4.69, 9.17) is 10.5 Å². The Morgan fingerprint density at radius 2 is 1.53 bits per heavy atom. The van der Waals surface area contributed by atoms with Gasteiger partial charge in [0, 0.05) is 18.5 Å².